The number of ether oxygens (including phenoxy) is 1. The van der Waals surface area contributed by atoms with Crippen LogP contribution in [0.25, 0.3) is 11.2 Å². The second kappa shape index (κ2) is 8.27. The van der Waals surface area contributed by atoms with Gasteiger partial charge >= 0.3 is 0 Å². The van der Waals surface area contributed by atoms with E-state index in [2.05, 4.69) is 75.3 Å². The largest absolute Gasteiger partial charge is 0.493 e. The molecule has 7 nitrogen and oxygen atoms in total. The molecule has 0 amide bonds. The summed E-state index contributed by atoms with van der Waals surface area (Å²) >= 11 is 4.01. The summed E-state index contributed by atoms with van der Waals surface area (Å²) in [6.07, 6.45) is 3.44. The Morgan fingerprint density at radius 1 is 1.31 bits per heavy atom. The average Bonchev–Trinajstić information content (AvgIpc) is 3.23. The van der Waals surface area contributed by atoms with Crippen molar-refractivity contribution in [2.45, 2.75) is 55.7 Å². The number of fused-ring (bicyclic) bond motifs is 2. The van der Waals surface area contributed by atoms with E-state index in [1.807, 2.05) is 0 Å². The van der Waals surface area contributed by atoms with Gasteiger partial charge in [0.1, 0.15) is 12.1 Å². The molecule has 29 heavy (non-hydrogen) atoms. The summed E-state index contributed by atoms with van der Waals surface area (Å²) in [6, 6.07) is 4.33. The van der Waals surface area contributed by atoms with Gasteiger partial charge in [-0.1, -0.05) is 11.8 Å². The van der Waals surface area contributed by atoms with Crippen LogP contribution in [0.15, 0.2) is 28.5 Å². The molecule has 0 saturated heterocycles. The maximum atomic E-state index is 6.08. The zero-order chi connectivity index (χ0) is 20.6. The Labute approximate surface area is 188 Å². The van der Waals surface area contributed by atoms with Gasteiger partial charge in [0.05, 0.1) is 6.61 Å². The lowest BCUT2D eigenvalue weighted by Crippen LogP contribution is -2.36. The Morgan fingerprint density at radius 2 is 2.14 bits per heavy atom. The third-order valence-electron chi connectivity index (χ3n) is 4.68. The number of nitrogen functional groups attached to an aromatic ring is 1. The van der Waals surface area contributed by atoms with E-state index in [0.29, 0.717) is 11.3 Å². The summed E-state index contributed by atoms with van der Waals surface area (Å²) < 4.78 is 9.10. The SMILES string of the molecule is CC(C)(C)NCCCn1c(Sc2cc3c(cc2I)CCO3)nc2c(N)ncnc21. The fourth-order valence-electron chi connectivity index (χ4n) is 3.27. The van der Waals surface area contributed by atoms with Gasteiger partial charge in [-0.2, -0.15) is 0 Å². The van der Waals surface area contributed by atoms with Crippen LogP contribution < -0.4 is 15.8 Å². The minimum absolute atomic E-state index is 0.0989. The van der Waals surface area contributed by atoms with Crippen LogP contribution in [0.2, 0.25) is 0 Å². The Bertz CT molecular complexity index is 1050. The van der Waals surface area contributed by atoms with Gasteiger partial charge in [-0.3, -0.25) is 0 Å². The number of imidazole rings is 1. The number of halogens is 1. The molecule has 0 bridgehead atoms. The van der Waals surface area contributed by atoms with Gasteiger partial charge in [-0.05, 0) is 74.0 Å². The number of aryl methyl sites for hydroxylation is 1. The minimum Gasteiger partial charge on any atom is -0.493 e. The lowest BCUT2D eigenvalue weighted by molar-refractivity contribution is 0.356. The van der Waals surface area contributed by atoms with Gasteiger partial charge in [-0.25, -0.2) is 15.0 Å². The van der Waals surface area contributed by atoms with E-state index in [4.69, 9.17) is 15.5 Å². The summed E-state index contributed by atoms with van der Waals surface area (Å²) in [5.41, 5.74) is 8.89. The molecule has 3 aromatic rings. The van der Waals surface area contributed by atoms with Crippen LogP contribution >= 0.6 is 34.4 Å². The zero-order valence-electron chi connectivity index (χ0n) is 16.8. The summed E-state index contributed by atoms with van der Waals surface area (Å²) in [5, 5.41) is 4.41. The predicted molar refractivity (Wildman–Crippen MR) is 125 cm³/mol. The highest BCUT2D eigenvalue weighted by atomic mass is 127. The van der Waals surface area contributed by atoms with Crippen molar-refractivity contribution in [2.24, 2.45) is 0 Å². The predicted octanol–water partition coefficient (Wildman–Crippen LogP) is 3.88. The molecule has 0 radical (unpaired) electrons. The molecule has 1 aliphatic heterocycles. The summed E-state index contributed by atoms with van der Waals surface area (Å²) in [5.74, 6) is 1.39. The number of nitrogens with two attached hydrogens (primary N) is 1. The standard InChI is InChI=1S/C20H25IN6OS/c1-20(2,3)25-6-4-7-27-18-16(17(22)23-11-24-18)26-19(27)29-15-10-14-12(5-8-28-14)9-13(15)21/h9-11,25H,4-8H2,1-3H3,(H2,22,23,24). The third kappa shape index (κ3) is 4.61. The van der Waals surface area contributed by atoms with E-state index in [1.54, 1.807) is 11.8 Å². The van der Waals surface area contributed by atoms with Crippen LogP contribution in [0.3, 0.4) is 0 Å². The van der Waals surface area contributed by atoms with Gasteiger partial charge in [0.25, 0.3) is 0 Å². The van der Waals surface area contributed by atoms with Crippen LogP contribution in [0.5, 0.6) is 5.75 Å². The Kier molecular flexibility index (Phi) is 5.90. The summed E-state index contributed by atoms with van der Waals surface area (Å²) in [4.78, 5) is 14.5. The number of hydrogen-bond acceptors (Lipinski definition) is 7. The monoisotopic (exact) mass is 524 g/mol. The van der Waals surface area contributed by atoms with Crippen LogP contribution in [-0.2, 0) is 13.0 Å². The molecule has 0 aliphatic carbocycles. The molecular weight excluding hydrogens is 499 g/mol. The first kappa shape index (κ1) is 20.7. The van der Waals surface area contributed by atoms with Crippen molar-refractivity contribution in [3.63, 3.8) is 0 Å². The van der Waals surface area contributed by atoms with E-state index >= 15 is 0 Å². The first-order chi connectivity index (χ1) is 13.8. The van der Waals surface area contributed by atoms with Crippen molar-refractivity contribution in [3.05, 3.63) is 27.6 Å². The van der Waals surface area contributed by atoms with Crippen molar-refractivity contribution in [1.29, 1.82) is 0 Å². The number of aromatic nitrogens is 4. The van der Waals surface area contributed by atoms with E-state index in [1.165, 1.54) is 15.5 Å². The molecule has 0 unspecified atom stereocenters. The van der Waals surface area contributed by atoms with E-state index < -0.39 is 0 Å². The fourth-order valence-corrected chi connectivity index (χ4v) is 5.07. The highest BCUT2D eigenvalue weighted by Gasteiger charge is 2.20. The van der Waals surface area contributed by atoms with Crippen molar-refractivity contribution in [2.75, 3.05) is 18.9 Å². The Balaban J connectivity index is 1.64. The zero-order valence-corrected chi connectivity index (χ0v) is 19.8. The first-order valence-electron chi connectivity index (χ1n) is 9.66. The molecule has 4 rings (SSSR count). The van der Waals surface area contributed by atoms with Crippen molar-refractivity contribution >= 4 is 51.3 Å². The van der Waals surface area contributed by atoms with Gasteiger partial charge in [0.15, 0.2) is 22.1 Å². The van der Waals surface area contributed by atoms with Crippen molar-refractivity contribution < 1.29 is 4.74 Å². The maximum Gasteiger partial charge on any atom is 0.175 e. The average molecular weight is 524 g/mol. The molecule has 0 saturated carbocycles. The molecule has 3 heterocycles. The summed E-state index contributed by atoms with van der Waals surface area (Å²) in [6.45, 7) is 8.99. The molecule has 0 fully saturated rings. The van der Waals surface area contributed by atoms with Crippen LogP contribution in [0.1, 0.15) is 32.8 Å². The van der Waals surface area contributed by atoms with Gasteiger partial charge in [-0.15, -0.1) is 0 Å². The van der Waals surface area contributed by atoms with Crippen molar-refractivity contribution in [1.82, 2.24) is 24.8 Å². The number of hydrogen-bond donors (Lipinski definition) is 2. The van der Waals surface area contributed by atoms with Crippen LogP contribution in [-0.4, -0.2) is 38.2 Å². The van der Waals surface area contributed by atoms with Gasteiger partial charge in [0, 0.05) is 27.0 Å². The number of rotatable bonds is 6. The molecule has 3 N–H and O–H groups in total. The lowest BCUT2D eigenvalue weighted by Gasteiger charge is -2.20. The lowest BCUT2D eigenvalue weighted by atomic mass is 10.1. The number of nitrogens with zero attached hydrogens (tertiary/aromatic N) is 4. The van der Waals surface area contributed by atoms with E-state index in [-0.39, 0.29) is 5.54 Å². The molecule has 9 heteroatoms. The fraction of sp³-hybridized carbons (Fsp3) is 0.450. The molecule has 154 valence electrons. The Morgan fingerprint density at radius 3 is 2.93 bits per heavy atom. The molecule has 0 spiro atoms. The quantitative estimate of drug-likeness (QED) is 0.374. The van der Waals surface area contributed by atoms with E-state index in [9.17, 15) is 0 Å². The molecule has 1 aliphatic rings. The number of nitrogens with one attached hydrogen (secondary N) is 1. The van der Waals surface area contributed by atoms with Crippen molar-refractivity contribution in [3.8, 4) is 5.75 Å². The molecular formula is C20H25IN6OS. The Hall–Kier alpha value is -1.59. The smallest absolute Gasteiger partial charge is 0.175 e. The third-order valence-corrected chi connectivity index (χ3v) is 6.99. The molecule has 0 atom stereocenters. The second-order valence-electron chi connectivity index (χ2n) is 8.10. The topological polar surface area (TPSA) is 90.9 Å². The second-order valence-corrected chi connectivity index (χ2v) is 10.3. The number of benzene rings is 1. The first-order valence-corrected chi connectivity index (χ1v) is 11.6. The highest BCUT2D eigenvalue weighted by Crippen LogP contribution is 2.38. The summed E-state index contributed by atoms with van der Waals surface area (Å²) in [7, 11) is 0. The maximum absolute atomic E-state index is 6.08. The normalized spacial score (nSPS) is 13.7. The van der Waals surface area contributed by atoms with Gasteiger partial charge in [0.2, 0.25) is 0 Å². The molecule has 2 aromatic heterocycles. The van der Waals surface area contributed by atoms with Gasteiger partial charge < -0.3 is 20.4 Å². The van der Waals surface area contributed by atoms with Crippen LogP contribution in [0, 0.1) is 3.57 Å². The van der Waals surface area contributed by atoms with E-state index in [0.717, 1.165) is 54.0 Å². The molecule has 1 aromatic carbocycles. The highest BCUT2D eigenvalue weighted by molar-refractivity contribution is 14.1. The minimum atomic E-state index is 0.0989. The number of anilines is 1. The van der Waals surface area contributed by atoms with Crippen LogP contribution in [0.4, 0.5) is 5.82 Å².